The number of carbonyl (C=O) groups is 12. The molecule has 0 spiro atoms. The zero-order valence-corrected chi connectivity index (χ0v) is 44.1. The lowest BCUT2D eigenvalue weighted by Crippen LogP contribution is -2.64. The molecule has 0 aliphatic heterocycles. The summed E-state index contributed by atoms with van der Waals surface area (Å²) in [4.78, 5) is 157. The van der Waals surface area contributed by atoms with E-state index in [2.05, 4.69) is 53.2 Å². The van der Waals surface area contributed by atoms with Crippen molar-refractivity contribution in [2.45, 2.75) is 152 Å². The number of hydrogen-bond donors (Lipinski definition) is 19. The first-order chi connectivity index (χ1) is 36.5. The van der Waals surface area contributed by atoms with Gasteiger partial charge in [0, 0.05) is 6.42 Å². The number of aliphatic hydroxyl groups is 5. The number of hydrogen-bond acceptors (Lipinski definition) is 19. The molecule has 0 unspecified atom stereocenters. The van der Waals surface area contributed by atoms with E-state index in [1.54, 1.807) is 30.3 Å². The maximum Gasteiger partial charge on any atom is 0.325 e. The number of benzene rings is 1. The number of carbonyl (C=O) groups excluding carboxylic acids is 11. The normalized spacial score (nSPS) is 16.1. The Morgan fingerprint density at radius 1 is 0.474 bits per heavy atom. The lowest BCUT2D eigenvalue weighted by Gasteiger charge is -2.30. The fourth-order valence-electron chi connectivity index (χ4n) is 7.06. The Morgan fingerprint density at radius 3 is 1.31 bits per heavy atom. The molecule has 1 aromatic rings. The van der Waals surface area contributed by atoms with E-state index in [0.717, 1.165) is 20.8 Å². The van der Waals surface area contributed by atoms with E-state index in [-0.39, 0.29) is 19.4 Å². The molecule has 0 aliphatic carbocycles. The second-order valence-electron chi connectivity index (χ2n) is 18.6. The highest BCUT2D eigenvalue weighted by atomic mass is 16.4. The Morgan fingerprint density at radius 2 is 0.859 bits per heavy atom. The number of aliphatic hydroxyl groups excluding tert-OH is 5. The van der Waals surface area contributed by atoms with Gasteiger partial charge in [-0.25, -0.2) is 0 Å². The van der Waals surface area contributed by atoms with Crippen LogP contribution in [0.2, 0.25) is 0 Å². The van der Waals surface area contributed by atoms with Gasteiger partial charge in [-0.1, -0.05) is 44.2 Å². The van der Waals surface area contributed by atoms with Crippen LogP contribution < -0.4 is 70.4 Å². The largest absolute Gasteiger partial charge is 0.480 e. The first-order valence-corrected chi connectivity index (χ1v) is 24.8. The minimum Gasteiger partial charge on any atom is -0.480 e. The maximum atomic E-state index is 13.9. The van der Waals surface area contributed by atoms with Crippen molar-refractivity contribution in [1.29, 1.82) is 0 Å². The lowest BCUT2D eigenvalue weighted by atomic mass is 10.0. The fraction of sp³-hybridized carbons (Fsp3) is 0.617. The van der Waals surface area contributed by atoms with E-state index in [1.165, 1.54) is 20.8 Å². The number of primary amides is 1. The second-order valence-corrected chi connectivity index (χ2v) is 18.6. The molecule has 13 atom stereocenters. The smallest absolute Gasteiger partial charge is 0.325 e. The van der Waals surface area contributed by atoms with Gasteiger partial charge in [-0.05, 0) is 65.0 Å². The van der Waals surface area contributed by atoms with E-state index >= 15 is 0 Å². The number of nitrogens with two attached hydrogens (primary N) is 3. The molecular formula is C47H77N13O18. The monoisotopic (exact) mass is 1110 g/mol. The lowest BCUT2D eigenvalue weighted by molar-refractivity contribution is -0.142. The zero-order chi connectivity index (χ0) is 59.6. The maximum absolute atomic E-state index is 13.9. The molecule has 31 heteroatoms. The molecule has 0 aliphatic rings. The Kier molecular flexibility index (Phi) is 30.2. The molecular weight excluding hydrogens is 1030 g/mol. The third kappa shape index (κ3) is 23.4. The van der Waals surface area contributed by atoms with Gasteiger partial charge in [0.15, 0.2) is 0 Å². The Labute approximate surface area is 449 Å². The fourth-order valence-corrected chi connectivity index (χ4v) is 7.06. The Balaban J connectivity index is 3.36. The summed E-state index contributed by atoms with van der Waals surface area (Å²) in [5.74, 6) is -14.3. The molecule has 0 heterocycles. The number of aliphatic carboxylic acids is 1. The molecule has 0 saturated carbocycles. The van der Waals surface area contributed by atoms with Crippen LogP contribution >= 0.6 is 0 Å². The number of rotatable bonds is 35. The van der Waals surface area contributed by atoms with Crippen molar-refractivity contribution in [2.75, 3.05) is 26.3 Å². The average molecular weight is 1110 g/mol. The highest BCUT2D eigenvalue weighted by molar-refractivity contribution is 6.00. The summed E-state index contributed by atoms with van der Waals surface area (Å²) in [5, 5.41) is 83.5. The molecule has 1 rings (SSSR count). The van der Waals surface area contributed by atoms with Crippen LogP contribution in [0, 0.1) is 5.92 Å². The van der Waals surface area contributed by atoms with Crippen LogP contribution in [0.3, 0.4) is 0 Å². The molecule has 0 saturated heterocycles. The second kappa shape index (κ2) is 34.4. The molecule has 0 fully saturated rings. The molecule has 11 amide bonds. The number of nitrogens with one attached hydrogen (secondary N) is 10. The Hall–Kier alpha value is -7.42. The van der Waals surface area contributed by atoms with Crippen LogP contribution in [0.25, 0.3) is 0 Å². The van der Waals surface area contributed by atoms with E-state index in [4.69, 9.17) is 17.2 Å². The van der Waals surface area contributed by atoms with Gasteiger partial charge in [-0.15, -0.1) is 0 Å². The first-order valence-electron chi connectivity index (χ1n) is 24.8. The van der Waals surface area contributed by atoms with Crippen molar-refractivity contribution in [1.82, 2.24) is 53.2 Å². The Bertz CT molecular complexity index is 2220. The molecule has 438 valence electrons. The van der Waals surface area contributed by atoms with Crippen LogP contribution in [-0.2, 0) is 64.0 Å². The van der Waals surface area contributed by atoms with Crippen molar-refractivity contribution >= 4 is 70.9 Å². The van der Waals surface area contributed by atoms with Gasteiger partial charge in [-0.2, -0.15) is 0 Å². The summed E-state index contributed by atoms with van der Waals surface area (Å²) >= 11 is 0. The van der Waals surface area contributed by atoms with Crippen molar-refractivity contribution in [3.05, 3.63) is 35.9 Å². The van der Waals surface area contributed by atoms with Crippen molar-refractivity contribution < 1.29 is 88.2 Å². The van der Waals surface area contributed by atoms with Gasteiger partial charge >= 0.3 is 5.97 Å². The van der Waals surface area contributed by atoms with E-state index < -0.39 is 182 Å². The number of carboxylic acids is 1. The van der Waals surface area contributed by atoms with Crippen molar-refractivity contribution in [3.8, 4) is 0 Å². The summed E-state index contributed by atoms with van der Waals surface area (Å²) in [6.45, 7) is 4.95. The van der Waals surface area contributed by atoms with Crippen LogP contribution in [0.1, 0.15) is 72.8 Å². The summed E-state index contributed by atoms with van der Waals surface area (Å²) in [6.07, 6.45) is -5.60. The quantitative estimate of drug-likeness (QED) is 0.0281. The molecule has 1 aromatic carbocycles. The first kappa shape index (κ1) is 68.6. The van der Waals surface area contributed by atoms with Gasteiger partial charge in [0.05, 0.1) is 44.5 Å². The standard InChI is InChI=1S/C47H77N13O18/c1-21(2)34(43(73)53-27(14-10-11-15-48)38(68)51-22(3)47(77)78)57-45(75)37(25(6)65)60-46(76)36(24(5)64)59-42(72)31(20-62)56-44(74)35(23(4)63)58-40(70)28(16-26-12-8-7-9-13-26)54-39(69)29(17-32(50)66)55-41(71)30(19-61)52-33(67)18-49/h7-9,12-13,21-25,27-31,34-37,61-65H,10-11,14-20,48-49H2,1-6H3,(H2,50,66)(H,51,68)(H,52,67)(H,53,73)(H,54,69)(H,55,71)(H,56,74)(H,57,75)(H,58,70)(H,59,72)(H,60,76)(H,77,78)/t22-,23+,24+,25+,27-,28-,29-,30-,31+,34-,35-,36-,37-/m0/s1. The molecule has 0 aromatic heterocycles. The van der Waals surface area contributed by atoms with E-state index in [1.807, 2.05) is 0 Å². The zero-order valence-electron chi connectivity index (χ0n) is 44.1. The highest BCUT2D eigenvalue weighted by Gasteiger charge is 2.39. The molecule has 0 radical (unpaired) electrons. The van der Waals surface area contributed by atoms with Gasteiger partial charge in [0.2, 0.25) is 65.0 Å². The van der Waals surface area contributed by atoms with E-state index in [0.29, 0.717) is 18.4 Å². The summed E-state index contributed by atoms with van der Waals surface area (Å²) in [5.41, 5.74) is 16.6. The van der Waals surface area contributed by atoms with Gasteiger partial charge in [-0.3, -0.25) is 57.5 Å². The van der Waals surface area contributed by atoms with Crippen LogP contribution in [0.15, 0.2) is 30.3 Å². The number of carboxylic acid groups (broad SMARTS) is 1. The van der Waals surface area contributed by atoms with Crippen molar-refractivity contribution in [2.24, 2.45) is 23.1 Å². The van der Waals surface area contributed by atoms with Crippen LogP contribution in [0.4, 0.5) is 0 Å². The predicted molar refractivity (Wildman–Crippen MR) is 273 cm³/mol. The minimum atomic E-state index is -1.99. The predicted octanol–water partition coefficient (Wildman–Crippen LogP) is -9.07. The molecule has 31 nitrogen and oxygen atoms in total. The van der Waals surface area contributed by atoms with Crippen LogP contribution in [0.5, 0.6) is 0 Å². The van der Waals surface area contributed by atoms with Gasteiger partial charge < -0.3 is 101 Å². The minimum absolute atomic E-state index is 0.0388. The summed E-state index contributed by atoms with van der Waals surface area (Å²) in [7, 11) is 0. The van der Waals surface area contributed by atoms with Gasteiger partial charge in [0.25, 0.3) is 0 Å². The van der Waals surface area contributed by atoms with E-state index in [9.17, 15) is 88.2 Å². The summed E-state index contributed by atoms with van der Waals surface area (Å²) < 4.78 is 0. The SMILES string of the molecule is CC(C)[C@H](NC(=O)[C@@H](NC(=O)[C@@H](NC(=O)[C@@H](CO)NC(=O)[C@@H](NC(=O)[C@H](Cc1ccccc1)NC(=O)[C@H](CC(N)=O)NC(=O)[C@H](CO)NC(=O)CN)[C@@H](C)O)[C@@H](C)O)[C@@H](C)O)C(=O)N[C@@H](CCCCN)C(=O)N[C@@H](C)C(=O)O. The molecule has 22 N–H and O–H groups in total. The van der Waals surface area contributed by atoms with Crippen LogP contribution in [-0.4, -0.2) is 207 Å². The molecule has 0 bridgehead atoms. The summed E-state index contributed by atoms with van der Waals surface area (Å²) in [6, 6.07) is -9.02. The third-order valence-corrected chi connectivity index (χ3v) is 11.5. The number of unbranched alkanes of at least 4 members (excludes halogenated alkanes) is 1. The average Bonchev–Trinajstić information content (AvgIpc) is 3.37. The topological polar surface area (TPSA) is 525 Å². The van der Waals surface area contributed by atoms with Crippen molar-refractivity contribution in [3.63, 3.8) is 0 Å². The third-order valence-electron chi connectivity index (χ3n) is 11.5. The highest BCUT2D eigenvalue weighted by Crippen LogP contribution is 2.10. The number of amides is 11. The molecule has 78 heavy (non-hydrogen) atoms. The van der Waals surface area contributed by atoms with Gasteiger partial charge in [0.1, 0.15) is 60.4 Å².